The molecule has 0 heterocycles. The van der Waals surface area contributed by atoms with E-state index in [2.05, 4.69) is 17.2 Å². The number of hydrogen-bond acceptors (Lipinski definition) is 2. The molecule has 0 atom stereocenters. The van der Waals surface area contributed by atoms with Gasteiger partial charge in [0.05, 0.1) is 13.0 Å². The molecule has 0 aliphatic rings. The van der Waals surface area contributed by atoms with E-state index in [1.165, 1.54) is 0 Å². The normalized spacial score (nSPS) is 9.65. The minimum atomic E-state index is -0.0234. The molecule has 2 aromatic rings. The zero-order chi connectivity index (χ0) is 16.5. The van der Waals surface area contributed by atoms with Crippen LogP contribution in [0.15, 0.2) is 48.5 Å². The van der Waals surface area contributed by atoms with Crippen LogP contribution >= 0.6 is 0 Å². The summed E-state index contributed by atoms with van der Waals surface area (Å²) in [7, 11) is 0. The lowest BCUT2D eigenvalue weighted by Gasteiger charge is -2.04. The van der Waals surface area contributed by atoms with Crippen molar-refractivity contribution < 1.29 is 9.53 Å². The van der Waals surface area contributed by atoms with Crippen molar-refractivity contribution in [3.8, 4) is 17.6 Å². The molecule has 0 saturated carbocycles. The fraction of sp³-hybridized carbons (Fsp3) is 0.250. The minimum Gasteiger partial charge on any atom is -0.481 e. The third-order valence-electron chi connectivity index (χ3n) is 3.34. The Bertz CT molecular complexity index is 726. The highest BCUT2D eigenvalue weighted by Crippen LogP contribution is 2.15. The fourth-order valence-electron chi connectivity index (χ4n) is 2.16. The van der Waals surface area contributed by atoms with Crippen LogP contribution in [0.4, 0.5) is 0 Å². The van der Waals surface area contributed by atoms with Gasteiger partial charge in [-0.1, -0.05) is 59.9 Å². The van der Waals surface area contributed by atoms with Gasteiger partial charge in [0, 0.05) is 0 Å². The van der Waals surface area contributed by atoms with E-state index in [9.17, 15) is 4.79 Å². The quantitative estimate of drug-likeness (QED) is 0.862. The van der Waals surface area contributed by atoms with Gasteiger partial charge in [-0.15, -0.1) is 0 Å². The topological polar surface area (TPSA) is 38.3 Å². The molecule has 0 fully saturated rings. The van der Waals surface area contributed by atoms with E-state index in [0.717, 1.165) is 22.4 Å². The number of benzene rings is 2. The van der Waals surface area contributed by atoms with Crippen LogP contribution in [-0.4, -0.2) is 19.1 Å². The summed E-state index contributed by atoms with van der Waals surface area (Å²) < 4.78 is 5.57. The van der Waals surface area contributed by atoms with Crippen LogP contribution in [0, 0.1) is 25.7 Å². The van der Waals surface area contributed by atoms with Gasteiger partial charge in [0.1, 0.15) is 12.4 Å². The predicted molar refractivity (Wildman–Crippen MR) is 92.3 cm³/mol. The van der Waals surface area contributed by atoms with E-state index in [4.69, 9.17) is 4.74 Å². The molecule has 118 valence electrons. The van der Waals surface area contributed by atoms with Crippen LogP contribution in [0.3, 0.4) is 0 Å². The maximum atomic E-state index is 11.8. The highest BCUT2D eigenvalue weighted by Gasteiger charge is 2.01. The maximum Gasteiger partial charge on any atom is 0.225 e. The number of ether oxygens (including phenoxy) is 1. The lowest BCUT2D eigenvalue weighted by Crippen LogP contribution is -2.25. The molecule has 2 aromatic carbocycles. The number of rotatable bonds is 5. The first-order valence-electron chi connectivity index (χ1n) is 7.61. The summed E-state index contributed by atoms with van der Waals surface area (Å²) in [5, 5.41) is 2.79. The first-order valence-corrected chi connectivity index (χ1v) is 7.61. The second-order valence-electron chi connectivity index (χ2n) is 5.35. The van der Waals surface area contributed by atoms with Crippen LogP contribution in [0.1, 0.15) is 16.7 Å². The molecule has 0 unspecified atom stereocenters. The van der Waals surface area contributed by atoms with E-state index in [1.807, 2.05) is 62.4 Å². The van der Waals surface area contributed by atoms with Gasteiger partial charge in [-0.2, -0.15) is 0 Å². The first kappa shape index (κ1) is 16.6. The van der Waals surface area contributed by atoms with Crippen molar-refractivity contribution in [1.29, 1.82) is 0 Å². The molecule has 3 heteroatoms. The Morgan fingerprint density at radius 2 is 1.91 bits per heavy atom. The second-order valence-corrected chi connectivity index (χ2v) is 5.35. The van der Waals surface area contributed by atoms with Crippen molar-refractivity contribution in [3.63, 3.8) is 0 Å². The Hall–Kier alpha value is -2.73. The third kappa shape index (κ3) is 5.88. The summed E-state index contributed by atoms with van der Waals surface area (Å²) >= 11 is 0. The van der Waals surface area contributed by atoms with Gasteiger partial charge >= 0.3 is 0 Å². The lowest BCUT2D eigenvalue weighted by molar-refractivity contribution is -0.120. The molecule has 23 heavy (non-hydrogen) atoms. The average Bonchev–Trinajstić information content (AvgIpc) is 2.52. The summed E-state index contributed by atoms with van der Waals surface area (Å²) in [6.07, 6.45) is 0.378. The van der Waals surface area contributed by atoms with E-state index >= 15 is 0 Å². The molecule has 1 amide bonds. The number of hydrogen-bond donors (Lipinski definition) is 1. The standard InChI is InChI=1S/C20H21NO2/c1-16-8-7-10-18(14-16)15-20(22)21-12-5-6-13-23-19-11-4-3-9-17(19)2/h3-4,7-11,14H,12-13,15H2,1-2H3,(H,21,22). The molecule has 3 nitrogen and oxygen atoms in total. The summed E-state index contributed by atoms with van der Waals surface area (Å²) in [5.74, 6) is 6.61. The fourth-order valence-corrected chi connectivity index (χ4v) is 2.16. The van der Waals surface area contributed by atoms with E-state index in [0.29, 0.717) is 19.6 Å². The summed E-state index contributed by atoms with van der Waals surface area (Å²) in [5.41, 5.74) is 3.25. The van der Waals surface area contributed by atoms with Crippen molar-refractivity contribution in [2.24, 2.45) is 0 Å². The Morgan fingerprint density at radius 3 is 2.70 bits per heavy atom. The molecule has 0 bridgehead atoms. The number of carbonyl (C=O) groups excluding carboxylic acids is 1. The van der Waals surface area contributed by atoms with Crippen molar-refractivity contribution in [2.75, 3.05) is 13.2 Å². The van der Waals surface area contributed by atoms with Gasteiger partial charge in [0.25, 0.3) is 0 Å². The Balaban J connectivity index is 1.69. The number of nitrogens with one attached hydrogen (secondary N) is 1. The van der Waals surface area contributed by atoms with Crippen LogP contribution in [-0.2, 0) is 11.2 Å². The molecule has 0 aliphatic heterocycles. The number of amides is 1. The van der Waals surface area contributed by atoms with Gasteiger partial charge < -0.3 is 10.1 Å². The predicted octanol–water partition coefficient (Wildman–Crippen LogP) is 3.04. The Labute approximate surface area is 137 Å². The summed E-state index contributed by atoms with van der Waals surface area (Å²) in [4.78, 5) is 11.8. The zero-order valence-electron chi connectivity index (χ0n) is 13.6. The van der Waals surface area contributed by atoms with E-state index in [-0.39, 0.29) is 5.91 Å². The molecule has 0 radical (unpaired) electrons. The molecule has 0 spiro atoms. The maximum absolute atomic E-state index is 11.8. The zero-order valence-corrected chi connectivity index (χ0v) is 13.6. The van der Waals surface area contributed by atoms with Crippen LogP contribution in [0.25, 0.3) is 0 Å². The summed E-state index contributed by atoms with van der Waals surface area (Å²) in [6.45, 7) is 4.66. The highest BCUT2D eigenvalue weighted by atomic mass is 16.5. The molecule has 1 N–H and O–H groups in total. The summed E-state index contributed by atoms with van der Waals surface area (Å²) in [6, 6.07) is 15.8. The molecule has 0 saturated heterocycles. The molecular formula is C20H21NO2. The van der Waals surface area contributed by atoms with Crippen molar-refractivity contribution >= 4 is 5.91 Å². The molecule has 0 aliphatic carbocycles. The Kier molecular flexibility index (Phi) is 6.26. The number of carbonyl (C=O) groups is 1. The van der Waals surface area contributed by atoms with Gasteiger partial charge in [0.2, 0.25) is 5.91 Å². The smallest absolute Gasteiger partial charge is 0.225 e. The van der Waals surface area contributed by atoms with Gasteiger partial charge in [-0.3, -0.25) is 4.79 Å². The van der Waals surface area contributed by atoms with Crippen molar-refractivity contribution in [2.45, 2.75) is 20.3 Å². The molecule has 2 rings (SSSR count). The van der Waals surface area contributed by atoms with E-state index in [1.54, 1.807) is 0 Å². The van der Waals surface area contributed by atoms with E-state index < -0.39 is 0 Å². The average molecular weight is 307 g/mol. The first-order chi connectivity index (χ1) is 11.1. The van der Waals surface area contributed by atoms with Gasteiger partial charge in [0.15, 0.2) is 0 Å². The third-order valence-corrected chi connectivity index (χ3v) is 3.34. The van der Waals surface area contributed by atoms with Crippen molar-refractivity contribution in [1.82, 2.24) is 5.32 Å². The Morgan fingerprint density at radius 1 is 1.09 bits per heavy atom. The van der Waals surface area contributed by atoms with Gasteiger partial charge in [-0.05, 0) is 31.0 Å². The van der Waals surface area contributed by atoms with Crippen LogP contribution in [0.2, 0.25) is 0 Å². The van der Waals surface area contributed by atoms with Gasteiger partial charge in [-0.25, -0.2) is 0 Å². The SMILES string of the molecule is Cc1cccc(CC(=O)NCC#CCOc2ccccc2C)c1. The second kappa shape index (κ2) is 8.65. The highest BCUT2D eigenvalue weighted by molar-refractivity contribution is 5.78. The largest absolute Gasteiger partial charge is 0.481 e. The molecule has 0 aromatic heterocycles. The van der Waals surface area contributed by atoms with Crippen molar-refractivity contribution in [3.05, 3.63) is 65.2 Å². The number of para-hydroxylation sites is 1. The van der Waals surface area contributed by atoms with Crippen LogP contribution in [0.5, 0.6) is 5.75 Å². The number of aryl methyl sites for hydroxylation is 2. The molecular weight excluding hydrogens is 286 g/mol. The lowest BCUT2D eigenvalue weighted by atomic mass is 10.1. The van der Waals surface area contributed by atoms with Crippen LogP contribution < -0.4 is 10.1 Å². The minimum absolute atomic E-state index is 0.0234. The monoisotopic (exact) mass is 307 g/mol.